The Kier molecular flexibility index (Phi) is 4.20. The topological polar surface area (TPSA) is 99.2 Å². The lowest BCUT2D eigenvalue weighted by Gasteiger charge is -2.50. The molecule has 1 aromatic carbocycles. The minimum Gasteiger partial charge on any atom is -0.466 e. The van der Waals surface area contributed by atoms with Gasteiger partial charge in [-0.15, -0.1) is 0 Å². The van der Waals surface area contributed by atoms with Crippen LogP contribution in [0.25, 0.3) is 0 Å². The van der Waals surface area contributed by atoms with Gasteiger partial charge in [0.05, 0.1) is 36.5 Å². The number of hydrogen-bond donors (Lipinski definition) is 0. The van der Waals surface area contributed by atoms with Gasteiger partial charge in [-0.3, -0.25) is 19.3 Å². The number of fused-ring (bicyclic) bond motifs is 1. The summed E-state index contributed by atoms with van der Waals surface area (Å²) in [6.07, 6.45) is 1.49. The van der Waals surface area contributed by atoms with E-state index in [2.05, 4.69) is 0 Å². The van der Waals surface area contributed by atoms with Crippen LogP contribution >= 0.6 is 0 Å². The average molecular weight is 385 g/mol. The summed E-state index contributed by atoms with van der Waals surface area (Å²) in [7, 11) is 3.81. The minimum absolute atomic E-state index is 0.0690. The molecule has 0 radical (unpaired) electrons. The number of Topliss-reactive ketones (excluding diaryl/α,β-unsaturated/α-hetero) is 1. The number of methoxy groups -OCH3 is 3. The number of ketones is 1. The zero-order valence-electron chi connectivity index (χ0n) is 15.6. The lowest BCUT2D eigenvalue weighted by atomic mass is 9.56. The summed E-state index contributed by atoms with van der Waals surface area (Å²) >= 11 is 0. The van der Waals surface area contributed by atoms with Gasteiger partial charge < -0.3 is 14.2 Å². The summed E-state index contributed by atoms with van der Waals surface area (Å²) in [5.74, 6) is -7.92. The fourth-order valence-electron chi connectivity index (χ4n) is 4.77. The summed E-state index contributed by atoms with van der Waals surface area (Å²) in [6.45, 7) is 0. The molecule has 8 nitrogen and oxygen atoms in total. The Bertz CT molecular complexity index is 902. The van der Waals surface area contributed by atoms with Crippen LogP contribution in [0.3, 0.4) is 0 Å². The van der Waals surface area contributed by atoms with Crippen molar-refractivity contribution in [2.75, 3.05) is 26.2 Å². The lowest BCUT2D eigenvalue weighted by Crippen LogP contribution is -2.65. The highest BCUT2D eigenvalue weighted by molar-refractivity contribution is 6.25. The van der Waals surface area contributed by atoms with Crippen LogP contribution in [0.2, 0.25) is 0 Å². The number of hydrogen-bond acceptors (Lipinski definition) is 7. The van der Waals surface area contributed by atoms with Crippen LogP contribution in [0.4, 0.5) is 5.69 Å². The summed E-state index contributed by atoms with van der Waals surface area (Å²) in [4.78, 5) is 53.1. The van der Waals surface area contributed by atoms with Gasteiger partial charge in [0.15, 0.2) is 0 Å². The smallest absolute Gasteiger partial charge is 0.334 e. The summed E-state index contributed by atoms with van der Waals surface area (Å²) in [5.41, 5.74) is 0.485. The Morgan fingerprint density at radius 1 is 0.964 bits per heavy atom. The molecule has 0 spiro atoms. The predicted molar refractivity (Wildman–Crippen MR) is 94.8 cm³/mol. The number of benzene rings is 1. The molecule has 0 unspecified atom stereocenters. The summed E-state index contributed by atoms with van der Waals surface area (Å²) < 4.78 is 15.6. The second kappa shape index (κ2) is 6.35. The fraction of sp³-hybridized carbons (Fsp3) is 0.400. The Hall–Kier alpha value is -2.84. The predicted octanol–water partition coefficient (Wildman–Crippen LogP) is 0.709. The molecule has 4 aliphatic rings. The molecule has 1 aromatic rings. The summed E-state index contributed by atoms with van der Waals surface area (Å²) in [6, 6.07) is 8.48. The molecular weight excluding hydrogens is 366 g/mol. The SMILES string of the molecule is COC(=O)C1=C[C@@H]2[C@H]3C(=O)N(c4ccccc4)C(=O)[C@@H]3[C@H]1C(=O)C2(OC)OC. The maximum atomic E-state index is 13.3. The normalized spacial score (nSPS) is 30.3. The van der Waals surface area contributed by atoms with Crippen LogP contribution in [-0.2, 0) is 33.4 Å². The van der Waals surface area contributed by atoms with E-state index in [0.717, 1.165) is 4.90 Å². The molecule has 1 saturated carbocycles. The number of para-hydroxylation sites is 1. The van der Waals surface area contributed by atoms with Crippen molar-refractivity contribution in [1.29, 1.82) is 0 Å². The average Bonchev–Trinajstić information content (AvgIpc) is 3.00. The van der Waals surface area contributed by atoms with Gasteiger partial charge in [0.2, 0.25) is 23.4 Å². The van der Waals surface area contributed by atoms with Gasteiger partial charge in [-0.25, -0.2) is 4.79 Å². The third kappa shape index (κ3) is 2.12. The van der Waals surface area contributed by atoms with E-state index < -0.39 is 53.0 Å². The molecule has 1 saturated heterocycles. The molecule has 2 bridgehead atoms. The van der Waals surface area contributed by atoms with Crippen molar-refractivity contribution in [3.63, 3.8) is 0 Å². The van der Waals surface area contributed by atoms with Crippen LogP contribution in [0.1, 0.15) is 0 Å². The lowest BCUT2D eigenvalue weighted by molar-refractivity contribution is -0.247. The van der Waals surface area contributed by atoms with Crippen LogP contribution in [0.15, 0.2) is 42.0 Å². The van der Waals surface area contributed by atoms with Gasteiger partial charge in [-0.2, -0.15) is 0 Å². The number of carbonyl (C=O) groups is 4. The van der Waals surface area contributed by atoms with Crippen LogP contribution in [0.5, 0.6) is 0 Å². The molecule has 2 fully saturated rings. The van der Waals surface area contributed by atoms with Crippen molar-refractivity contribution in [3.05, 3.63) is 42.0 Å². The van der Waals surface area contributed by atoms with Gasteiger partial charge in [0, 0.05) is 19.8 Å². The Morgan fingerprint density at radius 2 is 1.57 bits per heavy atom. The molecule has 4 atom stereocenters. The maximum Gasteiger partial charge on any atom is 0.334 e. The zero-order valence-corrected chi connectivity index (χ0v) is 15.6. The molecule has 5 rings (SSSR count). The second-order valence-electron chi connectivity index (χ2n) is 6.96. The first kappa shape index (κ1) is 18.5. The van der Waals surface area contributed by atoms with Gasteiger partial charge in [-0.1, -0.05) is 24.3 Å². The number of carbonyl (C=O) groups excluding carboxylic acids is 4. The quantitative estimate of drug-likeness (QED) is 0.428. The van der Waals surface area contributed by atoms with E-state index in [9.17, 15) is 19.2 Å². The second-order valence-corrected chi connectivity index (χ2v) is 6.96. The molecular formula is C20H19NO7. The van der Waals surface area contributed by atoms with E-state index in [1.54, 1.807) is 30.3 Å². The van der Waals surface area contributed by atoms with E-state index >= 15 is 0 Å². The van der Waals surface area contributed by atoms with Crippen molar-refractivity contribution < 1.29 is 33.4 Å². The van der Waals surface area contributed by atoms with Crippen molar-refractivity contribution in [1.82, 2.24) is 0 Å². The first-order valence-electron chi connectivity index (χ1n) is 8.80. The highest BCUT2D eigenvalue weighted by Gasteiger charge is 2.71. The number of nitrogens with zero attached hydrogens (tertiary/aromatic N) is 1. The van der Waals surface area contributed by atoms with Gasteiger partial charge in [0.1, 0.15) is 0 Å². The van der Waals surface area contributed by atoms with E-state index in [0.29, 0.717) is 5.69 Å². The first-order valence-corrected chi connectivity index (χ1v) is 8.80. The molecule has 3 aliphatic carbocycles. The van der Waals surface area contributed by atoms with E-state index in [1.165, 1.54) is 27.4 Å². The Balaban J connectivity index is 1.88. The largest absolute Gasteiger partial charge is 0.466 e. The minimum atomic E-state index is -1.73. The number of anilines is 1. The number of amides is 2. The number of ether oxygens (including phenoxy) is 3. The highest BCUT2D eigenvalue weighted by Crippen LogP contribution is 2.56. The Labute approximate surface area is 161 Å². The molecule has 8 heteroatoms. The number of imide groups is 1. The van der Waals surface area contributed by atoms with E-state index in [-0.39, 0.29) is 5.57 Å². The molecule has 0 aromatic heterocycles. The van der Waals surface area contributed by atoms with Gasteiger partial charge >= 0.3 is 5.97 Å². The Morgan fingerprint density at radius 3 is 2.14 bits per heavy atom. The maximum absolute atomic E-state index is 13.3. The fourth-order valence-corrected chi connectivity index (χ4v) is 4.77. The van der Waals surface area contributed by atoms with Gasteiger partial charge in [-0.05, 0) is 12.1 Å². The van der Waals surface area contributed by atoms with Crippen molar-refractivity contribution in [2.45, 2.75) is 5.79 Å². The third-order valence-corrected chi connectivity index (χ3v) is 5.94. The highest BCUT2D eigenvalue weighted by atomic mass is 16.7. The molecule has 146 valence electrons. The number of rotatable bonds is 4. The molecule has 1 heterocycles. The van der Waals surface area contributed by atoms with E-state index in [1.807, 2.05) is 0 Å². The molecule has 28 heavy (non-hydrogen) atoms. The van der Waals surface area contributed by atoms with Crippen LogP contribution in [-0.4, -0.2) is 50.7 Å². The van der Waals surface area contributed by atoms with Crippen molar-refractivity contribution in [2.24, 2.45) is 23.7 Å². The standard InChI is InChI=1S/C20H19NO7/c1-26-19(25)11-9-12-14-15(13(11)16(22)20(12,27-2)28-3)18(24)21(17(14)23)10-7-5-4-6-8-10/h4-9,12-15H,1-3H3/t12-,13+,14-,15-/m1/s1. The summed E-state index contributed by atoms with van der Waals surface area (Å²) in [5, 5.41) is 0. The first-order chi connectivity index (χ1) is 13.4. The number of esters is 1. The molecule has 1 aliphatic heterocycles. The molecule has 2 amide bonds. The molecule has 0 N–H and O–H groups in total. The van der Waals surface area contributed by atoms with Crippen LogP contribution in [0, 0.1) is 23.7 Å². The van der Waals surface area contributed by atoms with Crippen molar-refractivity contribution >= 4 is 29.3 Å². The monoisotopic (exact) mass is 385 g/mol. The van der Waals surface area contributed by atoms with E-state index in [4.69, 9.17) is 14.2 Å². The third-order valence-electron chi connectivity index (χ3n) is 5.94. The zero-order chi connectivity index (χ0) is 20.2. The van der Waals surface area contributed by atoms with Gasteiger partial charge in [0.25, 0.3) is 0 Å². The van der Waals surface area contributed by atoms with Crippen molar-refractivity contribution in [3.8, 4) is 0 Å². The van der Waals surface area contributed by atoms with Crippen LogP contribution < -0.4 is 4.90 Å².